The van der Waals surface area contributed by atoms with Crippen LogP contribution in [-0.2, 0) is 0 Å². The topological polar surface area (TPSA) is 0 Å². The third kappa shape index (κ3) is 9.52. The van der Waals surface area contributed by atoms with Gasteiger partial charge >= 0.3 is 6.18 Å². The highest BCUT2D eigenvalue weighted by molar-refractivity contribution is 4.92. The zero-order valence-electron chi connectivity index (χ0n) is 17.4. The van der Waals surface area contributed by atoms with Crippen molar-refractivity contribution in [2.75, 3.05) is 0 Å². The third-order valence-corrected chi connectivity index (χ3v) is 7.08. The Bertz CT molecular complexity index is 396. The summed E-state index contributed by atoms with van der Waals surface area (Å²) in [7, 11) is 0. The lowest BCUT2D eigenvalue weighted by molar-refractivity contribution is -0.135. The molecule has 0 saturated heterocycles. The van der Waals surface area contributed by atoms with Gasteiger partial charge in [0, 0.05) is 6.42 Å². The van der Waals surface area contributed by atoms with Crippen molar-refractivity contribution in [2.45, 2.75) is 116 Å². The number of hydrogen-bond acceptors (Lipinski definition) is 0. The van der Waals surface area contributed by atoms with E-state index in [1.165, 1.54) is 77.0 Å². The molecule has 0 unspecified atom stereocenters. The molecule has 2 fully saturated rings. The highest BCUT2D eigenvalue weighted by Gasteiger charge is 2.30. The van der Waals surface area contributed by atoms with Crippen LogP contribution < -0.4 is 0 Å². The number of rotatable bonds is 10. The maximum absolute atomic E-state index is 12.1. The summed E-state index contributed by atoms with van der Waals surface area (Å²) < 4.78 is 36.4. The van der Waals surface area contributed by atoms with E-state index in [9.17, 15) is 13.2 Å². The third-order valence-electron chi connectivity index (χ3n) is 7.08. The van der Waals surface area contributed by atoms with Crippen LogP contribution in [0.3, 0.4) is 0 Å². The molecule has 2 aliphatic rings. The largest absolute Gasteiger partial charge is 0.389 e. The predicted octanol–water partition coefficient (Wildman–Crippen LogP) is 8.86. The van der Waals surface area contributed by atoms with Crippen LogP contribution in [0, 0.1) is 23.7 Å². The molecule has 2 saturated carbocycles. The van der Waals surface area contributed by atoms with Gasteiger partial charge in [0.15, 0.2) is 0 Å². The molecular formula is C24H41F3. The molecule has 0 atom stereocenters. The first kappa shape index (κ1) is 22.8. The summed E-state index contributed by atoms with van der Waals surface area (Å²) in [6.45, 7) is 2.29. The Morgan fingerprint density at radius 3 is 2.00 bits per heavy atom. The minimum absolute atomic E-state index is 0.266. The second kappa shape index (κ2) is 12.2. The van der Waals surface area contributed by atoms with Crippen molar-refractivity contribution in [1.29, 1.82) is 0 Å². The molecular weight excluding hydrogens is 345 g/mol. The van der Waals surface area contributed by atoms with Crippen LogP contribution in [0.15, 0.2) is 12.2 Å². The van der Waals surface area contributed by atoms with Crippen molar-refractivity contribution in [3.8, 4) is 0 Å². The molecule has 0 aromatic rings. The van der Waals surface area contributed by atoms with Gasteiger partial charge in [0.2, 0.25) is 0 Å². The lowest BCUT2D eigenvalue weighted by Crippen LogP contribution is -2.25. The van der Waals surface area contributed by atoms with Crippen LogP contribution in [0.2, 0.25) is 0 Å². The molecule has 0 N–H and O–H groups in total. The first-order valence-corrected chi connectivity index (χ1v) is 11.7. The number of alkyl halides is 3. The van der Waals surface area contributed by atoms with E-state index in [1.807, 2.05) is 0 Å². The summed E-state index contributed by atoms with van der Waals surface area (Å²) in [5.74, 6) is 3.59. The fraction of sp³-hybridized carbons (Fsp3) is 0.917. The average Bonchev–Trinajstić information content (AvgIpc) is 2.65. The van der Waals surface area contributed by atoms with E-state index in [0.29, 0.717) is 12.3 Å². The molecule has 0 bridgehead atoms. The van der Waals surface area contributed by atoms with Crippen LogP contribution >= 0.6 is 0 Å². The first-order chi connectivity index (χ1) is 13.0. The second-order valence-corrected chi connectivity index (χ2v) is 9.24. The highest BCUT2D eigenvalue weighted by Crippen LogP contribution is 2.42. The van der Waals surface area contributed by atoms with Gasteiger partial charge in [-0.25, -0.2) is 0 Å². The molecule has 0 aliphatic heterocycles. The van der Waals surface area contributed by atoms with Crippen molar-refractivity contribution < 1.29 is 13.2 Å². The average molecular weight is 387 g/mol. The van der Waals surface area contributed by atoms with Gasteiger partial charge in [-0.05, 0) is 81.5 Å². The Morgan fingerprint density at radius 1 is 0.778 bits per heavy atom. The summed E-state index contributed by atoms with van der Waals surface area (Å²) in [6, 6.07) is 0. The van der Waals surface area contributed by atoms with Crippen LogP contribution in [0.25, 0.3) is 0 Å². The van der Waals surface area contributed by atoms with Crippen molar-refractivity contribution >= 4 is 0 Å². The summed E-state index contributed by atoms with van der Waals surface area (Å²) in [5.41, 5.74) is 0. The molecule has 2 rings (SSSR count). The van der Waals surface area contributed by atoms with E-state index < -0.39 is 12.6 Å². The Kier molecular flexibility index (Phi) is 10.3. The monoisotopic (exact) mass is 386 g/mol. The Labute approximate surface area is 165 Å². The predicted molar refractivity (Wildman–Crippen MR) is 109 cm³/mol. The standard InChI is InChI=1S/C24H41F3/c1-2-3-6-9-20-11-15-22(16-12-20)23-17-13-21(14-18-23)10-7-4-5-8-19-24(25,26)27/h7,10,20-23H,2-6,8-9,11-19H2,1H3/b10-7+. The molecule has 3 heteroatoms. The molecule has 0 radical (unpaired) electrons. The van der Waals surface area contributed by atoms with Gasteiger partial charge < -0.3 is 0 Å². The molecule has 158 valence electrons. The van der Waals surface area contributed by atoms with Crippen molar-refractivity contribution in [1.82, 2.24) is 0 Å². The van der Waals surface area contributed by atoms with Crippen molar-refractivity contribution in [3.63, 3.8) is 0 Å². The normalized spacial score (nSPS) is 30.1. The van der Waals surface area contributed by atoms with Gasteiger partial charge in [0.25, 0.3) is 0 Å². The summed E-state index contributed by atoms with van der Waals surface area (Å²) in [6.07, 6.45) is 18.3. The maximum atomic E-state index is 12.1. The van der Waals surface area contributed by atoms with Gasteiger partial charge in [-0.2, -0.15) is 13.2 Å². The molecule has 0 aromatic carbocycles. The van der Waals surface area contributed by atoms with E-state index in [2.05, 4.69) is 19.1 Å². The van der Waals surface area contributed by atoms with Gasteiger partial charge in [-0.15, -0.1) is 0 Å². The molecule has 2 aliphatic carbocycles. The van der Waals surface area contributed by atoms with Gasteiger partial charge in [-0.1, -0.05) is 57.6 Å². The lowest BCUT2D eigenvalue weighted by atomic mass is 9.68. The molecule has 0 heterocycles. The van der Waals surface area contributed by atoms with Crippen LogP contribution in [0.5, 0.6) is 0 Å². The summed E-state index contributed by atoms with van der Waals surface area (Å²) >= 11 is 0. The van der Waals surface area contributed by atoms with E-state index in [4.69, 9.17) is 0 Å². The Morgan fingerprint density at radius 2 is 1.41 bits per heavy atom. The van der Waals surface area contributed by atoms with Gasteiger partial charge in [-0.3, -0.25) is 0 Å². The maximum Gasteiger partial charge on any atom is 0.389 e. The fourth-order valence-electron chi connectivity index (χ4n) is 5.32. The zero-order chi connectivity index (χ0) is 19.5. The Balaban J connectivity index is 1.54. The van der Waals surface area contributed by atoms with Crippen LogP contribution in [0.1, 0.15) is 110 Å². The summed E-state index contributed by atoms with van der Waals surface area (Å²) in [4.78, 5) is 0. The highest BCUT2D eigenvalue weighted by atomic mass is 19.4. The van der Waals surface area contributed by atoms with Crippen molar-refractivity contribution in [3.05, 3.63) is 12.2 Å². The van der Waals surface area contributed by atoms with E-state index in [0.717, 1.165) is 24.2 Å². The van der Waals surface area contributed by atoms with Crippen LogP contribution in [-0.4, -0.2) is 6.18 Å². The smallest absolute Gasteiger partial charge is 0.171 e. The SMILES string of the molecule is CCCCCC1CCC(C2CCC(/C=C/CCCCC(F)(F)F)CC2)CC1. The molecule has 0 nitrogen and oxygen atoms in total. The second-order valence-electron chi connectivity index (χ2n) is 9.24. The van der Waals surface area contributed by atoms with E-state index in [1.54, 1.807) is 0 Å². The van der Waals surface area contributed by atoms with Crippen molar-refractivity contribution in [2.24, 2.45) is 23.7 Å². The number of hydrogen-bond donors (Lipinski definition) is 0. The zero-order valence-corrected chi connectivity index (χ0v) is 17.4. The lowest BCUT2D eigenvalue weighted by Gasteiger charge is -2.37. The Hall–Kier alpha value is -0.470. The molecule has 0 spiro atoms. The molecule has 0 amide bonds. The number of halogens is 3. The molecule has 27 heavy (non-hydrogen) atoms. The minimum Gasteiger partial charge on any atom is -0.171 e. The summed E-state index contributed by atoms with van der Waals surface area (Å²) in [5, 5.41) is 0. The molecule has 0 aromatic heterocycles. The first-order valence-electron chi connectivity index (χ1n) is 11.7. The minimum atomic E-state index is -3.99. The van der Waals surface area contributed by atoms with Crippen LogP contribution in [0.4, 0.5) is 13.2 Å². The quantitative estimate of drug-likeness (QED) is 0.260. The fourth-order valence-corrected chi connectivity index (χ4v) is 5.32. The van der Waals surface area contributed by atoms with E-state index in [-0.39, 0.29) is 6.42 Å². The number of unbranched alkanes of at least 4 members (excludes halogenated alkanes) is 4. The van der Waals surface area contributed by atoms with E-state index >= 15 is 0 Å². The van der Waals surface area contributed by atoms with Gasteiger partial charge in [0.1, 0.15) is 0 Å². The van der Waals surface area contributed by atoms with Gasteiger partial charge in [0.05, 0.1) is 0 Å². The number of allylic oxidation sites excluding steroid dienone is 2.